The quantitative estimate of drug-likeness (QED) is 0.617. The maximum atomic E-state index is 10.9. The van der Waals surface area contributed by atoms with Gasteiger partial charge in [0.1, 0.15) is 5.75 Å². The minimum absolute atomic E-state index is 0.230. The van der Waals surface area contributed by atoms with E-state index >= 15 is 0 Å². The summed E-state index contributed by atoms with van der Waals surface area (Å²) >= 11 is 0. The third-order valence-electron chi connectivity index (χ3n) is 5.58. The molecule has 0 aliphatic carbocycles. The van der Waals surface area contributed by atoms with Crippen molar-refractivity contribution in [3.05, 3.63) is 65.2 Å². The van der Waals surface area contributed by atoms with Gasteiger partial charge in [-0.1, -0.05) is 42.5 Å². The number of hydrogen-bond donors (Lipinski definition) is 3. The lowest BCUT2D eigenvalue weighted by atomic mass is 9.79. The largest absolute Gasteiger partial charge is 0.507 e. The van der Waals surface area contributed by atoms with Gasteiger partial charge in [-0.05, 0) is 73.7 Å². The molecule has 3 N–H and O–H groups in total. The van der Waals surface area contributed by atoms with Crippen LogP contribution >= 0.6 is 0 Å². The van der Waals surface area contributed by atoms with Crippen LogP contribution in [-0.4, -0.2) is 26.5 Å². The molecule has 0 amide bonds. The predicted molar refractivity (Wildman–Crippen MR) is 111 cm³/mol. The normalized spacial score (nSPS) is 14.3. The van der Waals surface area contributed by atoms with Crippen molar-refractivity contribution in [2.45, 2.75) is 52.2 Å². The number of aromatic hydroxyl groups is 1. The van der Waals surface area contributed by atoms with Crippen LogP contribution < -0.4 is 0 Å². The van der Waals surface area contributed by atoms with Crippen LogP contribution in [-0.2, 0) is 6.42 Å². The number of phenols is 1. The SMILES string of the molecule is Cc1cc(C)c(-c2c(C[C@](C)(O)C(C)(C)O)ccc3ccccc23)c(O)c1. The van der Waals surface area contributed by atoms with Gasteiger partial charge in [0, 0.05) is 12.0 Å². The third-order valence-corrected chi connectivity index (χ3v) is 5.58. The van der Waals surface area contributed by atoms with E-state index in [1.165, 1.54) is 0 Å². The Hall–Kier alpha value is -2.36. The molecule has 0 aromatic heterocycles. The minimum atomic E-state index is -1.32. The molecule has 3 heteroatoms. The summed E-state index contributed by atoms with van der Waals surface area (Å²) in [4.78, 5) is 0. The van der Waals surface area contributed by atoms with E-state index in [2.05, 4.69) is 6.07 Å². The van der Waals surface area contributed by atoms with E-state index < -0.39 is 11.2 Å². The molecule has 0 heterocycles. The second-order valence-corrected chi connectivity index (χ2v) is 8.31. The molecule has 0 aliphatic rings. The molecule has 3 aromatic carbocycles. The molecule has 0 radical (unpaired) electrons. The fourth-order valence-electron chi connectivity index (χ4n) is 3.62. The molecule has 0 saturated heterocycles. The topological polar surface area (TPSA) is 60.7 Å². The van der Waals surface area contributed by atoms with E-state index in [0.717, 1.165) is 38.6 Å². The van der Waals surface area contributed by atoms with Gasteiger partial charge in [-0.15, -0.1) is 0 Å². The van der Waals surface area contributed by atoms with Gasteiger partial charge in [-0.2, -0.15) is 0 Å². The molecule has 27 heavy (non-hydrogen) atoms. The van der Waals surface area contributed by atoms with Gasteiger partial charge in [0.05, 0.1) is 11.2 Å². The van der Waals surface area contributed by atoms with E-state index in [9.17, 15) is 15.3 Å². The van der Waals surface area contributed by atoms with Crippen molar-refractivity contribution in [2.75, 3.05) is 0 Å². The highest BCUT2D eigenvalue weighted by Crippen LogP contribution is 2.42. The number of hydrogen-bond acceptors (Lipinski definition) is 3. The molecule has 0 saturated carbocycles. The van der Waals surface area contributed by atoms with Gasteiger partial charge in [0.15, 0.2) is 0 Å². The lowest BCUT2D eigenvalue weighted by molar-refractivity contribution is -0.118. The summed E-state index contributed by atoms with van der Waals surface area (Å²) in [5.41, 5.74) is 1.97. The number of phenolic OH excluding ortho intramolecular Hbond substituents is 1. The summed E-state index contributed by atoms with van der Waals surface area (Å²) in [5.74, 6) is 0.230. The van der Waals surface area contributed by atoms with Crippen LogP contribution in [0.25, 0.3) is 21.9 Å². The van der Waals surface area contributed by atoms with Crippen LogP contribution in [0.1, 0.15) is 37.5 Å². The van der Waals surface area contributed by atoms with Crippen molar-refractivity contribution >= 4 is 10.8 Å². The second-order valence-electron chi connectivity index (χ2n) is 8.31. The Balaban J connectivity index is 2.33. The van der Waals surface area contributed by atoms with E-state index in [4.69, 9.17) is 0 Å². The summed E-state index contributed by atoms with van der Waals surface area (Å²) < 4.78 is 0. The Morgan fingerprint density at radius 3 is 2.15 bits per heavy atom. The maximum Gasteiger partial charge on any atom is 0.123 e. The minimum Gasteiger partial charge on any atom is -0.507 e. The van der Waals surface area contributed by atoms with E-state index in [1.54, 1.807) is 26.8 Å². The van der Waals surface area contributed by atoms with Crippen molar-refractivity contribution in [3.8, 4) is 16.9 Å². The van der Waals surface area contributed by atoms with Gasteiger partial charge in [0.2, 0.25) is 0 Å². The highest BCUT2D eigenvalue weighted by molar-refractivity contribution is 6.00. The van der Waals surface area contributed by atoms with Crippen molar-refractivity contribution < 1.29 is 15.3 Å². The standard InChI is InChI=1S/C24H28O3/c1-15-12-16(2)21(20(25)13-15)22-18(14-24(5,27)23(3,4)26)11-10-17-8-6-7-9-19(17)22/h6-13,25-27H,14H2,1-5H3/t24-/m0/s1. The van der Waals surface area contributed by atoms with Crippen molar-refractivity contribution in [2.24, 2.45) is 0 Å². The average Bonchev–Trinajstić information content (AvgIpc) is 2.54. The Kier molecular flexibility index (Phi) is 4.79. The van der Waals surface area contributed by atoms with Crippen LogP contribution in [0.3, 0.4) is 0 Å². The highest BCUT2D eigenvalue weighted by atomic mass is 16.4. The van der Waals surface area contributed by atoms with Crippen molar-refractivity contribution in [3.63, 3.8) is 0 Å². The van der Waals surface area contributed by atoms with Gasteiger partial charge in [-0.3, -0.25) is 0 Å². The zero-order chi connectivity index (χ0) is 20.0. The fraction of sp³-hybridized carbons (Fsp3) is 0.333. The Morgan fingerprint density at radius 1 is 0.852 bits per heavy atom. The van der Waals surface area contributed by atoms with Crippen LogP contribution in [0, 0.1) is 13.8 Å². The monoisotopic (exact) mass is 364 g/mol. The zero-order valence-corrected chi connectivity index (χ0v) is 16.7. The second kappa shape index (κ2) is 6.66. The first-order valence-electron chi connectivity index (χ1n) is 9.27. The molecule has 3 rings (SSSR count). The van der Waals surface area contributed by atoms with Gasteiger partial charge in [0.25, 0.3) is 0 Å². The van der Waals surface area contributed by atoms with E-state index in [0.29, 0.717) is 0 Å². The molecular weight excluding hydrogens is 336 g/mol. The zero-order valence-electron chi connectivity index (χ0n) is 16.7. The summed E-state index contributed by atoms with van der Waals surface area (Å²) in [6, 6.07) is 15.9. The Labute approximate surface area is 160 Å². The molecule has 142 valence electrons. The van der Waals surface area contributed by atoms with Crippen LogP contribution in [0.15, 0.2) is 48.5 Å². The average molecular weight is 364 g/mol. The van der Waals surface area contributed by atoms with Crippen LogP contribution in [0.2, 0.25) is 0 Å². The first kappa shape index (κ1) is 19.4. The Bertz CT molecular complexity index is 971. The van der Waals surface area contributed by atoms with Crippen molar-refractivity contribution in [1.82, 2.24) is 0 Å². The van der Waals surface area contributed by atoms with E-state index in [1.807, 2.05) is 50.2 Å². The summed E-state index contributed by atoms with van der Waals surface area (Å²) in [7, 11) is 0. The van der Waals surface area contributed by atoms with Crippen LogP contribution in [0.4, 0.5) is 0 Å². The Morgan fingerprint density at radius 2 is 1.52 bits per heavy atom. The molecule has 0 unspecified atom stereocenters. The third kappa shape index (κ3) is 3.58. The number of aliphatic hydroxyl groups is 2. The molecule has 3 nitrogen and oxygen atoms in total. The van der Waals surface area contributed by atoms with Gasteiger partial charge >= 0.3 is 0 Å². The molecule has 0 spiro atoms. The molecule has 0 bridgehead atoms. The number of benzene rings is 3. The first-order chi connectivity index (χ1) is 12.5. The van der Waals surface area contributed by atoms with Crippen molar-refractivity contribution in [1.29, 1.82) is 0 Å². The summed E-state index contributed by atoms with van der Waals surface area (Å²) in [6.07, 6.45) is 0.267. The lowest BCUT2D eigenvalue weighted by Crippen LogP contribution is -2.49. The predicted octanol–water partition coefficient (Wildman–Crippen LogP) is 4.89. The van der Waals surface area contributed by atoms with Gasteiger partial charge in [-0.25, -0.2) is 0 Å². The molecular formula is C24H28O3. The smallest absolute Gasteiger partial charge is 0.123 e. The first-order valence-corrected chi connectivity index (χ1v) is 9.27. The summed E-state index contributed by atoms with van der Waals surface area (Å²) in [5, 5.41) is 34.2. The molecule has 0 aliphatic heterocycles. The fourth-order valence-corrected chi connectivity index (χ4v) is 3.62. The maximum absolute atomic E-state index is 10.9. The molecule has 3 aromatic rings. The number of rotatable bonds is 4. The molecule has 1 atom stereocenters. The van der Waals surface area contributed by atoms with E-state index in [-0.39, 0.29) is 12.2 Å². The summed E-state index contributed by atoms with van der Waals surface area (Å²) in [6.45, 7) is 8.82. The number of fused-ring (bicyclic) bond motifs is 1. The lowest BCUT2D eigenvalue weighted by Gasteiger charge is -2.36. The van der Waals surface area contributed by atoms with Gasteiger partial charge < -0.3 is 15.3 Å². The number of aryl methyl sites for hydroxylation is 2. The van der Waals surface area contributed by atoms with Crippen LogP contribution in [0.5, 0.6) is 5.75 Å². The molecule has 0 fully saturated rings. The highest BCUT2D eigenvalue weighted by Gasteiger charge is 2.38.